The van der Waals surface area contributed by atoms with E-state index in [2.05, 4.69) is 4.98 Å². The van der Waals surface area contributed by atoms with E-state index in [-0.39, 0.29) is 24.1 Å². The molecule has 1 aromatic heterocycles. The van der Waals surface area contributed by atoms with Crippen LogP contribution in [0.4, 0.5) is 0 Å². The van der Waals surface area contributed by atoms with Gasteiger partial charge in [0.2, 0.25) is 6.79 Å². The topological polar surface area (TPSA) is 98.2 Å². The lowest BCUT2D eigenvalue weighted by Gasteiger charge is -2.22. The normalized spacial score (nSPS) is 12.0. The minimum absolute atomic E-state index is 0.0711. The molecule has 1 aromatic carbocycles. The van der Waals surface area contributed by atoms with Gasteiger partial charge in [-0.15, -0.1) is 0 Å². The van der Waals surface area contributed by atoms with Crippen molar-refractivity contribution in [3.8, 4) is 11.5 Å². The molecule has 26 heavy (non-hydrogen) atoms. The maximum atomic E-state index is 12.8. The van der Waals surface area contributed by atoms with Gasteiger partial charge in [0.1, 0.15) is 11.4 Å². The third-order valence-corrected chi connectivity index (χ3v) is 3.85. The van der Waals surface area contributed by atoms with Crippen molar-refractivity contribution in [3.05, 3.63) is 53.3 Å². The average molecular weight is 358 g/mol. The highest BCUT2D eigenvalue weighted by Crippen LogP contribution is 2.32. The van der Waals surface area contributed by atoms with E-state index in [4.69, 9.17) is 19.3 Å². The summed E-state index contributed by atoms with van der Waals surface area (Å²) in [6.07, 6.45) is 0. The zero-order valence-electron chi connectivity index (χ0n) is 14.2. The van der Waals surface area contributed by atoms with E-state index in [0.29, 0.717) is 31.2 Å². The third-order valence-electron chi connectivity index (χ3n) is 3.85. The van der Waals surface area contributed by atoms with Crippen molar-refractivity contribution < 1.29 is 28.9 Å². The van der Waals surface area contributed by atoms with Gasteiger partial charge in [0.15, 0.2) is 11.5 Å². The molecule has 1 N–H and O–H groups in total. The van der Waals surface area contributed by atoms with E-state index in [1.54, 1.807) is 18.1 Å². The van der Waals surface area contributed by atoms with Crippen LogP contribution < -0.4 is 9.47 Å². The number of aromatic nitrogens is 1. The lowest BCUT2D eigenvalue weighted by atomic mass is 10.1. The minimum atomic E-state index is -1.18. The summed E-state index contributed by atoms with van der Waals surface area (Å²) in [7, 11) is 1.55. The van der Waals surface area contributed by atoms with Crippen LogP contribution in [0.1, 0.15) is 26.5 Å². The molecule has 2 aromatic rings. The van der Waals surface area contributed by atoms with Crippen LogP contribution in [0.25, 0.3) is 0 Å². The monoisotopic (exact) mass is 358 g/mol. The van der Waals surface area contributed by atoms with Crippen molar-refractivity contribution in [1.29, 1.82) is 0 Å². The van der Waals surface area contributed by atoms with E-state index in [9.17, 15) is 9.59 Å². The maximum Gasteiger partial charge on any atom is 0.354 e. The summed E-state index contributed by atoms with van der Waals surface area (Å²) in [5, 5.41) is 9.06. The van der Waals surface area contributed by atoms with Crippen LogP contribution in [0.2, 0.25) is 0 Å². The summed E-state index contributed by atoms with van der Waals surface area (Å²) in [4.78, 5) is 29.4. The van der Waals surface area contributed by atoms with Crippen molar-refractivity contribution in [3.63, 3.8) is 0 Å². The second kappa shape index (κ2) is 7.83. The summed E-state index contributed by atoms with van der Waals surface area (Å²) in [5.41, 5.74) is 0.750. The van der Waals surface area contributed by atoms with Gasteiger partial charge in [-0.2, -0.15) is 0 Å². The van der Waals surface area contributed by atoms with Crippen LogP contribution >= 0.6 is 0 Å². The Labute approximate surface area is 149 Å². The van der Waals surface area contributed by atoms with Gasteiger partial charge >= 0.3 is 5.97 Å². The second-order valence-corrected chi connectivity index (χ2v) is 5.62. The Morgan fingerprint density at radius 2 is 1.96 bits per heavy atom. The van der Waals surface area contributed by atoms with Crippen molar-refractivity contribution >= 4 is 11.9 Å². The number of amides is 1. The molecule has 136 valence electrons. The molecule has 0 saturated heterocycles. The molecule has 0 fully saturated rings. The van der Waals surface area contributed by atoms with Crippen LogP contribution in [0.15, 0.2) is 36.4 Å². The van der Waals surface area contributed by atoms with Gasteiger partial charge in [-0.1, -0.05) is 12.1 Å². The number of carbonyl (C=O) groups is 2. The molecule has 0 aliphatic carbocycles. The second-order valence-electron chi connectivity index (χ2n) is 5.62. The number of benzene rings is 1. The van der Waals surface area contributed by atoms with Crippen LogP contribution in [0, 0.1) is 0 Å². The highest BCUT2D eigenvalue weighted by Gasteiger charge is 2.20. The number of hydrogen-bond donors (Lipinski definition) is 1. The highest BCUT2D eigenvalue weighted by molar-refractivity contribution is 5.94. The third kappa shape index (κ3) is 3.92. The largest absolute Gasteiger partial charge is 0.477 e. The molecule has 8 nitrogen and oxygen atoms in total. The first kappa shape index (κ1) is 17.7. The van der Waals surface area contributed by atoms with Crippen molar-refractivity contribution in [2.45, 2.75) is 6.54 Å². The zero-order valence-corrected chi connectivity index (χ0v) is 14.2. The van der Waals surface area contributed by atoms with Gasteiger partial charge in [-0.05, 0) is 29.8 Å². The van der Waals surface area contributed by atoms with Gasteiger partial charge in [0.05, 0.1) is 6.61 Å². The Morgan fingerprint density at radius 3 is 2.73 bits per heavy atom. The average Bonchev–Trinajstić information content (AvgIpc) is 3.12. The summed E-state index contributed by atoms with van der Waals surface area (Å²) >= 11 is 0. The zero-order chi connectivity index (χ0) is 18.5. The lowest BCUT2D eigenvalue weighted by Crippen LogP contribution is -2.34. The van der Waals surface area contributed by atoms with Gasteiger partial charge in [0.25, 0.3) is 5.91 Å². The van der Waals surface area contributed by atoms with Crippen molar-refractivity contribution in [2.24, 2.45) is 0 Å². The molecule has 0 atom stereocenters. The molecule has 1 aliphatic heterocycles. The number of aromatic carboxylic acids is 1. The van der Waals surface area contributed by atoms with E-state index < -0.39 is 5.97 Å². The molecule has 0 radical (unpaired) electrons. The predicted octanol–water partition coefficient (Wildman–Crippen LogP) is 1.80. The fraction of sp³-hybridized carbons (Fsp3) is 0.278. The molecular weight excluding hydrogens is 340 g/mol. The fourth-order valence-corrected chi connectivity index (χ4v) is 2.55. The number of ether oxygens (including phenoxy) is 3. The first-order valence-corrected chi connectivity index (χ1v) is 7.95. The van der Waals surface area contributed by atoms with Crippen LogP contribution in [0.3, 0.4) is 0 Å². The van der Waals surface area contributed by atoms with Crippen molar-refractivity contribution in [2.75, 3.05) is 27.1 Å². The minimum Gasteiger partial charge on any atom is -0.477 e. The number of nitrogens with zero attached hydrogens (tertiary/aromatic N) is 2. The molecular formula is C18H18N2O6. The van der Waals surface area contributed by atoms with Crippen molar-refractivity contribution in [1.82, 2.24) is 9.88 Å². The molecule has 3 rings (SSSR count). The molecule has 2 heterocycles. The Morgan fingerprint density at radius 1 is 1.19 bits per heavy atom. The summed E-state index contributed by atoms with van der Waals surface area (Å²) in [6.45, 7) is 1.16. The number of carbonyl (C=O) groups excluding carboxylic acids is 1. The number of methoxy groups -OCH3 is 1. The Hall–Kier alpha value is -3.13. The van der Waals surface area contributed by atoms with Gasteiger partial charge in [0, 0.05) is 20.2 Å². The van der Waals surface area contributed by atoms with Gasteiger partial charge in [-0.25, -0.2) is 9.78 Å². The summed E-state index contributed by atoms with van der Waals surface area (Å²) in [5.74, 6) is -0.256. The number of carboxylic acid groups (broad SMARTS) is 1. The number of fused-ring (bicyclic) bond motifs is 1. The summed E-state index contributed by atoms with van der Waals surface area (Å²) < 4.78 is 15.7. The number of carboxylic acids is 1. The quantitative estimate of drug-likeness (QED) is 0.806. The molecule has 1 amide bonds. The SMILES string of the molecule is COCCN(Cc1ccc2c(c1)OCO2)C(=O)c1cccc(C(=O)O)n1. The standard InChI is InChI=1S/C18H18N2O6/c1-24-8-7-20(10-12-5-6-15-16(9-12)26-11-25-15)17(21)13-3-2-4-14(19-13)18(22)23/h2-6,9H,7-8,10-11H2,1H3,(H,22,23). The maximum absolute atomic E-state index is 12.8. The van der Waals surface area contributed by atoms with E-state index in [1.807, 2.05) is 12.1 Å². The Bertz CT molecular complexity index is 823. The highest BCUT2D eigenvalue weighted by atomic mass is 16.7. The van der Waals surface area contributed by atoms with E-state index in [1.165, 1.54) is 18.2 Å². The van der Waals surface area contributed by atoms with Gasteiger partial charge < -0.3 is 24.2 Å². The number of pyridine rings is 1. The number of hydrogen-bond acceptors (Lipinski definition) is 6. The molecule has 0 bridgehead atoms. The molecule has 8 heteroatoms. The van der Waals surface area contributed by atoms with Gasteiger partial charge in [-0.3, -0.25) is 4.79 Å². The van der Waals surface area contributed by atoms with Crippen LogP contribution in [-0.2, 0) is 11.3 Å². The van der Waals surface area contributed by atoms with E-state index >= 15 is 0 Å². The predicted molar refractivity (Wildman–Crippen MR) is 90.4 cm³/mol. The van der Waals surface area contributed by atoms with Crippen LogP contribution in [0.5, 0.6) is 11.5 Å². The first-order chi connectivity index (χ1) is 12.6. The molecule has 1 aliphatic rings. The Kier molecular flexibility index (Phi) is 5.33. The van der Waals surface area contributed by atoms with E-state index in [0.717, 1.165) is 5.56 Å². The molecule has 0 unspecified atom stereocenters. The molecule has 0 saturated carbocycles. The molecule has 0 spiro atoms. The fourth-order valence-electron chi connectivity index (χ4n) is 2.55. The summed E-state index contributed by atoms with van der Waals surface area (Å²) in [6, 6.07) is 9.79. The lowest BCUT2D eigenvalue weighted by molar-refractivity contribution is 0.0671. The first-order valence-electron chi connectivity index (χ1n) is 7.95. The Balaban J connectivity index is 1.82. The van der Waals surface area contributed by atoms with Crippen LogP contribution in [-0.4, -0.2) is 53.9 Å². The smallest absolute Gasteiger partial charge is 0.354 e. The number of rotatable bonds is 7.